The Hall–Kier alpha value is -2.40. The number of hydrogen-bond donors (Lipinski definition) is 1. The first-order valence-corrected chi connectivity index (χ1v) is 9.11. The van der Waals surface area contributed by atoms with Crippen LogP contribution in [0.4, 0.5) is 10.1 Å². The molecule has 0 bridgehead atoms. The van der Waals surface area contributed by atoms with Gasteiger partial charge in [-0.3, -0.25) is 4.79 Å². The molecular formula is C21H26FN3O. The molecule has 1 saturated heterocycles. The minimum absolute atomic E-state index is 0.0665. The van der Waals surface area contributed by atoms with E-state index in [1.807, 2.05) is 17.9 Å². The van der Waals surface area contributed by atoms with Gasteiger partial charge in [-0.15, -0.1) is 0 Å². The summed E-state index contributed by atoms with van der Waals surface area (Å²) in [6.45, 7) is 7.43. The van der Waals surface area contributed by atoms with Crippen molar-refractivity contribution in [2.24, 2.45) is 0 Å². The lowest BCUT2D eigenvalue weighted by Crippen LogP contribution is -2.51. The first-order valence-electron chi connectivity index (χ1n) is 9.11. The summed E-state index contributed by atoms with van der Waals surface area (Å²) in [7, 11) is 0. The van der Waals surface area contributed by atoms with Crippen LogP contribution >= 0.6 is 0 Å². The highest BCUT2D eigenvalue weighted by atomic mass is 19.1. The number of carbonyl (C=O) groups is 1. The van der Waals surface area contributed by atoms with Crippen LogP contribution in [0.15, 0.2) is 48.5 Å². The molecule has 1 fully saturated rings. The topological polar surface area (TPSA) is 35.6 Å². The van der Waals surface area contributed by atoms with Crippen LogP contribution in [0, 0.1) is 12.7 Å². The summed E-state index contributed by atoms with van der Waals surface area (Å²) in [5.41, 5.74) is 3.31. The third-order valence-corrected chi connectivity index (χ3v) is 4.91. The number of rotatable bonds is 5. The second-order valence-corrected chi connectivity index (χ2v) is 6.86. The maximum Gasteiger partial charge on any atom is 0.236 e. The molecule has 0 aliphatic carbocycles. The number of amides is 1. The van der Waals surface area contributed by atoms with Crippen LogP contribution in [0.3, 0.4) is 0 Å². The smallest absolute Gasteiger partial charge is 0.236 e. The number of carbonyl (C=O) groups excluding carboxylic acids is 1. The third-order valence-electron chi connectivity index (χ3n) is 4.91. The molecule has 1 aliphatic rings. The van der Waals surface area contributed by atoms with Gasteiger partial charge < -0.3 is 15.1 Å². The molecule has 0 aromatic heterocycles. The summed E-state index contributed by atoms with van der Waals surface area (Å²) in [6.07, 6.45) is 0. The van der Waals surface area contributed by atoms with Gasteiger partial charge in [-0.25, -0.2) is 4.39 Å². The average Bonchev–Trinajstić information content (AvgIpc) is 2.66. The predicted octanol–water partition coefficient (Wildman–Crippen LogP) is 3.13. The maximum atomic E-state index is 13.3. The van der Waals surface area contributed by atoms with Crippen molar-refractivity contribution in [3.05, 3.63) is 65.5 Å². The Labute approximate surface area is 154 Å². The van der Waals surface area contributed by atoms with Crippen LogP contribution in [-0.4, -0.2) is 43.5 Å². The van der Waals surface area contributed by atoms with E-state index in [9.17, 15) is 9.18 Å². The summed E-state index contributed by atoms with van der Waals surface area (Å²) in [4.78, 5) is 16.7. The van der Waals surface area contributed by atoms with Crippen molar-refractivity contribution in [3.63, 3.8) is 0 Å². The minimum atomic E-state index is -0.255. The van der Waals surface area contributed by atoms with Gasteiger partial charge in [0.1, 0.15) is 5.82 Å². The van der Waals surface area contributed by atoms with E-state index < -0.39 is 0 Å². The number of nitrogens with zero attached hydrogens (tertiary/aromatic N) is 2. The Balaban J connectivity index is 1.48. The minimum Gasteiger partial charge on any atom is -0.368 e. The lowest BCUT2D eigenvalue weighted by atomic mass is 10.1. The molecule has 2 aromatic carbocycles. The summed E-state index contributed by atoms with van der Waals surface area (Å²) in [5, 5.41) is 3.20. The van der Waals surface area contributed by atoms with Crippen LogP contribution in [0.25, 0.3) is 0 Å². The standard InChI is InChI=1S/C21H26FN3O/c1-16-5-3-8-20(13-16)24-9-11-25(12-10-24)21(26)15-23-17(2)18-6-4-7-19(22)14-18/h3-8,13-14,17,23H,9-12,15H2,1-2H3/t17-/m1/s1. The fourth-order valence-corrected chi connectivity index (χ4v) is 3.28. The van der Waals surface area contributed by atoms with Crippen molar-refractivity contribution in [3.8, 4) is 0 Å². The van der Waals surface area contributed by atoms with E-state index in [1.165, 1.54) is 23.4 Å². The van der Waals surface area contributed by atoms with E-state index in [2.05, 4.69) is 41.4 Å². The molecule has 1 heterocycles. The zero-order valence-corrected chi connectivity index (χ0v) is 15.4. The molecule has 3 rings (SSSR count). The Bertz CT molecular complexity index is 756. The SMILES string of the molecule is Cc1cccc(N2CCN(C(=O)CN[C@H](C)c3cccc(F)c3)CC2)c1. The Morgan fingerprint density at radius 1 is 1.12 bits per heavy atom. The van der Waals surface area contributed by atoms with Gasteiger partial charge in [0.2, 0.25) is 5.91 Å². The molecule has 0 radical (unpaired) electrons. The molecule has 4 nitrogen and oxygen atoms in total. The molecule has 1 amide bonds. The number of anilines is 1. The highest BCUT2D eigenvalue weighted by molar-refractivity contribution is 5.78. The van der Waals surface area contributed by atoms with Gasteiger partial charge in [-0.2, -0.15) is 0 Å². The van der Waals surface area contributed by atoms with Crippen LogP contribution in [0.5, 0.6) is 0 Å². The van der Waals surface area contributed by atoms with Crippen molar-refractivity contribution in [2.45, 2.75) is 19.9 Å². The molecule has 2 aromatic rings. The van der Waals surface area contributed by atoms with Crippen LogP contribution in [-0.2, 0) is 4.79 Å². The summed E-state index contributed by atoms with van der Waals surface area (Å²) >= 11 is 0. The molecular weight excluding hydrogens is 329 g/mol. The van der Waals surface area contributed by atoms with E-state index in [1.54, 1.807) is 6.07 Å². The molecule has 26 heavy (non-hydrogen) atoms. The molecule has 1 aliphatic heterocycles. The zero-order valence-electron chi connectivity index (χ0n) is 15.4. The molecule has 5 heteroatoms. The van der Waals surface area contributed by atoms with Crippen molar-refractivity contribution in [1.29, 1.82) is 0 Å². The predicted molar refractivity (Wildman–Crippen MR) is 103 cm³/mol. The second-order valence-electron chi connectivity index (χ2n) is 6.86. The van der Waals surface area contributed by atoms with Crippen LogP contribution < -0.4 is 10.2 Å². The Morgan fingerprint density at radius 3 is 2.54 bits per heavy atom. The van der Waals surface area contributed by atoms with Crippen molar-refractivity contribution in [2.75, 3.05) is 37.6 Å². The second kappa shape index (κ2) is 8.32. The van der Waals surface area contributed by atoms with Crippen LogP contribution in [0.1, 0.15) is 24.1 Å². The van der Waals surface area contributed by atoms with E-state index in [4.69, 9.17) is 0 Å². The van der Waals surface area contributed by atoms with Gasteiger partial charge in [-0.05, 0) is 49.2 Å². The monoisotopic (exact) mass is 355 g/mol. The Morgan fingerprint density at radius 2 is 1.85 bits per heavy atom. The van der Waals surface area contributed by atoms with Crippen molar-refractivity contribution < 1.29 is 9.18 Å². The maximum absolute atomic E-state index is 13.3. The molecule has 0 unspecified atom stereocenters. The van der Waals surface area contributed by atoms with E-state index in [0.717, 1.165) is 31.7 Å². The number of hydrogen-bond acceptors (Lipinski definition) is 3. The van der Waals surface area contributed by atoms with E-state index >= 15 is 0 Å². The van der Waals surface area contributed by atoms with Gasteiger partial charge in [0.15, 0.2) is 0 Å². The Kier molecular flexibility index (Phi) is 5.89. The normalized spacial score (nSPS) is 15.8. The summed E-state index contributed by atoms with van der Waals surface area (Å²) < 4.78 is 13.3. The van der Waals surface area contributed by atoms with Gasteiger partial charge in [-0.1, -0.05) is 24.3 Å². The van der Waals surface area contributed by atoms with Gasteiger partial charge in [0.25, 0.3) is 0 Å². The van der Waals surface area contributed by atoms with Gasteiger partial charge in [0.05, 0.1) is 6.54 Å². The first-order chi connectivity index (χ1) is 12.5. The van der Waals surface area contributed by atoms with E-state index in [0.29, 0.717) is 0 Å². The van der Waals surface area contributed by atoms with Crippen molar-refractivity contribution in [1.82, 2.24) is 10.2 Å². The highest BCUT2D eigenvalue weighted by Crippen LogP contribution is 2.18. The average molecular weight is 355 g/mol. The van der Waals surface area contributed by atoms with Gasteiger partial charge >= 0.3 is 0 Å². The number of nitrogens with one attached hydrogen (secondary N) is 1. The molecule has 0 spiro atoms. The van der Waals surface area contributed by atoms with E-state index in [-0.39, 0.29) is 24.3 Å². The molecule has 138 valence electrons. The molecule has 1 atom stereocenters. The first kappa shape index (κ1) is 18.4. The molecule has 1 N–H and O–H groups in total. The summed E-state index contributed by atoms with van der Waals surface area (Å²) in [5.74, 6) is -0.160. The quantitative estimate of drug-likeness (QED) is 0.895. The number of aryl methyl sites for hydroxylation is 1. The number of benzene rings is 2. The number of halogens is 1. The third kappa shape index (κ3) is 4.61. The largest absolute Gasteiger partial charge is 0.368 e. The van der Waals surface area contributed by atoms with Crippen molar-refractivity contribution >= 4 is 11.6 Å². The lowest BCUT2D eigenvalue weighted by molar-refractivity contribution is -0.130. The molecule has 0 saturated carbocycles. The highest BCUT2D eigenvalue weighted by Gasteiger charge is 2.21. The zero-order chi connectivity index (χ0) is 18.5. The fourth-order valence-electron chi connectivity index (χ4n) is 3.28. The summed E-state index contributed by atoms with van der Waals surface area (Å²) in [6, 6.07) is 14.9. The van der Waals surface area contributed by atoms with Gasteiger partial charge in [0, 0.05) is 37.9 Å². The lowest BCUT2D eigenvalue weighted by Gasteiger charge is -2.36. The van der Waals surface area contributed by atoms with Crippen LogP contribution in [0.2, 0.25) is 0 Å². The fraction of sp³-hybridized carbons (Fsp3) is 0.381. The number of piperazine rings is 1.